The van der Waals surface area contributed by atoms with E-state index >= 15 is 0 Å². The molecule has 7 heteroatoms. The molecule has 0 N–H and O–H groups in total. The first-order valence-electron chi connectivity index (χ1n) is 6.66. The van der Waals surface area contributed by atoms with Crippen molar-refractivity contribution >= 4 is 23.3 Å². The molecule has 1 amide bonds. The topological polar surface area (TPSA) is 89.8 Å². The molecule has 0 bridgehead atoms. The lowest BCUT2D eigenvalue weighted by molar-refractivity contribution is -0.385. The van der Waals surface area contributed by atoms with Crippen LogP contribution in [0.1, 0.15) is 18.9 Å². The maximum atomic E-state index is 12.0. The summed E-state index contributed by atoms with van der Waals surface area (Å²) in [7, 11) is 0. The average Bonchev–Trinajstić information content (AvgIpc) is 2.81. The fraction of sp³-hybridized carbons (Fsp3) is 0.429. The summed E-state index contributed by atoms with van der Waals surface area (Å²) in [5, 5.41) is 11.0. The van der Waals surface area contributed by atoms with E-state index < -0.39 is 16.8 Å². The van der Waals surface area contributed by atoms with Gasteiger partial charge in [-0.2, -0.15) is 0 Å². The second kappa shape index (κ2) is 5.90. The largest absolute Gasteiger partial charge is 0.466 e. The van der Waals surface area contributed by atoms with Gasteiger partial charge in [0.25, 0.3) is 5.69 Å². The van der Waals surface area contributed by atoms with Gasteiger partial charge in [0.15, 0.2) is 0 Å². The Morgan fingerprint density at radius 3 is 2.86 bits per heavy atom. The number of nitrogens with zero attached hydrogens (tertiary/aromatic N) is 2. The van der Waals surface area contributed by atoms with Crippen molar-refractivity contribution in [1.29, 1.82) is 0 Å². The van der Waals surface area contributed by atoms with Crippen LogP contribution in [0, 0.1) is 23.0 Å². The van der Waals surface area contributed by atoms with Crippen molar-refractivity contribution in [3.63, 3.8) is 0 Å². The fourth-order valence-corrected chi connectivity index (χ4v) is 2.34. The zero-order chi connectivity index (χ0) is 15.6. The highest BCUT2D eigenvalue weighted by atomic mass is 16.6. The molecule has 1 aromatic carbocycles. The smallest absolute Gasteiger partial charge is 0.311 e. The van der Waals surface area contributed by atoms with Crippen LogP contribution >= 0.6 is 0 Å². The first-order chi connectivity index (χ1) is 9.93. The molecule has 1 saturated heterocycles. The zero-order valence-corrected chi connectivity index (χ0v) is 11.9. The number of nitro benzene ring substituents is 1. The van der Waals surface area contributed by atoms with Crippen LogP contribution in [0.2, 0.25) is 0 Å². The number of carbonyl (C=O) groups is 2. The van der Waals surface area contributed by atoms with Gasteiger partial charge in [-0.1, -0.05) is 6.07 Å². The van der Waals surface area contributed by atoms with Crippen molar-refractivity contribution in [2.45, 2.75) is 20.3 Å². The monoisotopic (exact) mass is 292 g/mol. The van der Waals surface area contributed by atoms with Crippen LogP contribution in [-0.2, 0) is 14.3 Å². The molecule has 2 rings (SSSR count). The Bertz CT molecular complexity index is 599. The minimum absolute atomic E-state index is 0.0418. The van der Waals surface area contributed by atoms with Gasteiger partial charge in [0.1, 0.15) is 0 Å². The molecule has 21 heavy (non-hydrogen) atoms. The maximum Gasteiger partial charge on any atom is 0.311 e. The van der Waals surface area contributed by atoms with Gasteiger partial charge in [0.05, 0.1) is 23.1 Å². The summed E-state index contributed by atoms with van der Waals surface area (Å²) in [6, 6.07) is 4.60. The number of esters is 1. The molecule has 0 aliphatic carbocycles. The molecule has 1 aliphatic heterocycles. The molecule has 1 fully saturated rings. The number of carbonyl (C=O) groups excluding carboxylic acids is 2. The molecule has 7 nitrogen and oxygen atoms in total. The fourth-order valence-electron chi connectivity index (χ4n) is 2.34. The summed E-state index contributed by atoms with van der Waals surface area (Å²) in [5.74, 6) is -1.15. The molecular formula is C14H16N2O5. The van der Waals surface area contributed by atoms with Crippen LogP contribution in [0.15, 0.2) is 18.2 Å². The summed E-state index contributed by atoms with van der Waals surface area (Å²) in [6.07, 6.45) is 0.0699. The van der Waals surface area contributed by atoms with E-state index in [-0.39, 0.29) is 31.2 Å². The van der Waals surface area contributed by atoms with Gasteiger partial charge in [0.2, 0.25) is 5.91 Å². The summed E-state index contributed by atoms with van der Waals surface area (Å²) in [5.41, 5.74) is 0.918. The highest BCUT2D eigenvalue weighted by Crippen LogP contribution is 2.30. The van der Waals surface area contributed by atoms with E-state index in [1.807, 2.05) is 0 Å². The highest BCUT2D eigenvalue weighted by molar-refractivity contribution is 5.99. The van der Waals surface area contributed by atoms with Crippen molar-refractivity contribution in [3.05, 3.63) is 33.9 Å². The Hall–Kier alpha value is -2.44. The van der Waals surface area contributed by atoms with Crippen molar-refractivity contribution in [2.24, 2.45) is 5.92 Å². The van der Waals surface area contributed by atoms with Crippen molar-refractivity contribution in [2.75, 3.05) is 18.1 Å². The molecule has 112 valence electrons. The number of rotatable bonds is 4. The second-order valence-corrected chi connectivity index (χ2v) is 4.89. The van der Waals surface area contributed by atoms with Crippen LogP contribution in [0.25, 0.3) is 0 Å². The van der Waals surface area contributed by atoms with Crippen LogP contribution in [0.3, 0.4) is 0 Å². The Morgan fingerprint density at radius 1 is 1.52 bits per heavy atom. The third-order valence-corrected chi connectivity index (χ3v) is 3.45. The Balaban J connectivity index is 2.23. The van der Waals surface area contributed by atoms with Gasteiger partial charge >= 0.3 is 5.97 Å². The van der Waals surface area contributed by atoms with E-state index in [4.69, 9.17) is 4.74 Å². The van der Waals surface area contributed by atoms with Gasteiger partial charge in [-0.05, 0) is 19.9 Å². The molecule has 1 unspecified atom stereocenters. The van der Waals surface area contributed by atoms with Crippen LogP contribution in [0.4, 0.5) is 11.4 Å². The summed E-state index contributed by atoms with van der Waals surface area (Å²) >= 11 is 0. The third-order valence-electron chi connectivity index (χ3n) is 3.45. The number of anilines is 1. The summed E-state index contributed by atoms with van der Waals surface area (Å²) in [6.45, 7) is 3.79. The number of nitro groups is 1. The molecule has 1 atom stereocenters. The van der Waals surface area contributed by atoms with Crippen molar-refractivity contribution in [1.82, 2.24) is 0 Å². The predicted octanol–water partition coefficient (Wildman–Crippen LogP) is 1.82. The van der Waals surface area contributed by atoms with Crippen LogP contribution in [-0.4, -0.2) is 30.0 Å². The van der Waals surface area contributed by atoms with E-state index in [0.717, 1.165) is 0 Å². The Morgan fingerprint density at radius 2 is 2.24 bits per heavy atom. The predicted molar refractivity (Wildman–Crippen MR) is 74.9 cm³/mol. The van der Waals surface area contributed by atoms with E-state index in [9.17, 15) is 19.7 Å². The van der Waals surface area contributed by atoms with Gasteiger partial charge in [-0.25, -0.2) is 0 Å². The van der Waals surface area contributed by atoms with E-state index in [0.29, 0.717) is 11.3 Å². The van der Waals surface area contributed by atoms with Crippen LogP contribution < -0.4 is 4.90 Å². The SMILES string of the molecule is CCOC(=O)C1CC(=O)N(c2ccc(C)c([N+](=O)[O-])c2)C1. The zero-order valence-electron chi connectivity index (χ0n) is 11.9. The molecule has 0 aromatic heterocycles. The number of aryl methyl sites for hydroxylation is 1. The molecule has 1 aromatic rings. The quantitative estimate of drug-likeness (QED) is 0.479. The first kappa shape index (κ1) is 15.0. The first-order valence-corrected chi connectivity index (χ1v) is 6.66. The van der Waals surface area contributed by atoms with Gasteiger partial charge in [-0.15, -0.1) is 0 Å². The Kier molecular flexibility index (Phi) is 4.21. The molecular weight excluding hydrogens is 276 g/mol. The lowest BCUT2D eigenvalue weighted by Gasteiger charge is -2.16. The van der Waals surface area contributed by atoms with Gasteiger partial charge in [0, 0.05) is 24.6 Å². The molecule has 0 saturated carbocycles. The third kappa shape index (κ3) is 3.01. The molecule has 0 radical (unpaired) electrons. The van der Waals surface area contributed by atoms with Gasteiger partial charge in [-0.3, -0.25) is 19.7 Å². The number of amides is 1. The lowest BCUT2D eigenvalue weighted by atomic mass is 10.1. The number of ether oxygens (including phenoxy) is 1. The Labute approximate surface area is 121 Å². The maximum absolute atomic E-state index is 12.0. The number of benzene rings is 1. The molecule has 1 heterocycles. The summed E-state index contributed by atoms with van der Waals surface area (Å²) < 4.78 is 4.91. The molecule has 0 spiro atoms. The molecule has 1 aliphatic rings. The highest BCUT2D eigenvalue weighted by Gasteiger charge is 2.36. The summed E-state index contributed by atoms with van der Waals surface area (Å²) in [4.78, 5) is 35.6. The second-order valence-electron chi connectivity index (χ2n) is 4.89. The minimum atomic E-state index is -0.516. The van der Waals surface area contributed by atoms with Crippen LogP contribution in [0.5, 0.6) is 0 Å². The van der Waals surface area contributed by atoms with Gasteiger partial charge < -0.3 is 9.64 Å². The normalized spacial score (nSPS) is 17.9. The minimum Gasteiger partial charge on any atom is -0.466 e. The van der Waals surface area contributed by atoms with E-state index in [2.05, 4.69) is 0 Å². The van der Waals surface area contributed by atoms with Crippen molar-refractivity contribution < 1.29 is 19.2 Å². The van der Waals surface area contributed by atoms with E-state index in [1.54, 1.807) is 26.0 Å². The van der Waals surface area contributed by atoms with E-state index in [1.165, 1.54) is 11.0 Å². The average molecular weight is 292 g/mol. The number of hydrogen-bond donors (Lipinski definition) is 0. The lowest BCUT2D eigenvalue weighted by Crippen LogP contribution is -2.26. The standard InChI is InChI=1S/C14H16N2O5/c1-3-21-14(18)10-6-13(17)15(8-10)11-5-4-9(2)12(7-11)16(19)20/h4-5,7,10H,3,6,8H2,1-2H3. The number of hydrogen-bond acceptors (Lipinski definition) is 5. The van der Waals surface area contributed by atoms with Crippen molar-refractivity contribution in [3.8, 4) is 0 Å².